The zero-order chi connectivity index (χ0) is 15.3. The largest absolute Gasteiger partial charge is 0.325 e. The Bertz CT molecular complexity index is 605. The van der Waals surface area contributed by atoms with Gasteiger partial charge in [-0.05, 0) is 43.2 Å². The molecule has 112 valence electrons. The van der Waals surface area contributed by atoms with E-state index in [1.54, 1.807) is 0 Å². The average molecular weight is 285 g/mol. The fourth-order valence-electron chi connectivity index (χ4n) is 4.17. The number of rotatable bonds is 3. The molecule has 21 heavy (non-hydrogen) atoms. The maximum absolute atomic E-state index is 12.8. The van der Waals surface area contributed by atoms with Crippen LogP contribution in [0.2, 0.25) is 0 Å². The van der Waals surface area contributed by atoms with Crippen LogP contribution in [0.1, 0.15) is 45.6 Å². The summed E-state index contributed by atoms with van der Waals surface area (Å²) >= 11 is 0. The molecule has 2 fully saturated rings. The third-order valence-electron chi connectivity index (χ3n) is 5.64. The molecule has 2 saturated carbocycles. The van der Waals surface area contributed by atoms with Gasteiger partial charge in [-0.2, -0.15) is 0 Å². The molecule has 0 aromatic heterocycles. The molecule has 2 atom stereocenters. The molecule has 0 radical (unpaired) electrons. The molecule has 0 heterocycles. The highest BCUT2D eigenvalue weighted by Gasteiger charge is 2.65. The van der Waals surface area contributed by atoms with Crippen LogP contribution in [0, 0.1) is 16.7 Å². The van der Waals surface area contributed by atoms with E-state index >= 15 is 0 Å². The van der Waals surface area contributed by atoms with Gasteiger partial charge in [0.1, 0.15) is 5.41 Å². The van der Waals surface area contributed by atoms with Gasteiger partial charge in [-0.3, -0.25) is 9.59 Å². The third-order valence-corrected chi connectivity index (χ3v) is 5.64. The molecule has 1 aromatic rings. The van der Waals surface area contributed by atoms with E-state index < -0.39 is 5.41 Å². The number of hydrogen-bond donors (Lipinski definition) is 1. The van der Waals surface area contributed by atoms with Crippen molar-refractivity contribution in [2.45, 2.75) is 46.5 Å². The number of benzene rings is 1. The number of hydrogen-bond acceptors (Lipinski definition) is 2. The topological polar surface area (TPSA) is 46.2 Å². The summed E-state index contributed by atoms with van der Waals surface area (Å²) in [4.78, 5) is 25.6. The predicted octanol–water partition coefficient (Wildman–Crippen LogP) is 3.58. The standard InChI is InChI=1S/C18H23NO2/c1-4-12-7-5-6-8-14(12)19-16(21)18-10-9-13(11-18)17(2,3)15(18)20/h5-8,13H,4,9-11H2,1-3H3,(H,19,21). The molecular weight excluding hydrogens is 262 g/mol. The Labute approximate surface area is 126 Å². The van der Waals surface area contributed by atoms with Crippen molar-refractivity contribution in [2.75, 3.05) is 5.32 Å². The van der Waals surface area contributed by atoms with Crippen molar-refractivity contribution in [3.63, 3.8) is 0 Å². The van der Waals surface area contributed by atoms with Crippen molar-refractivity contribution in [3.05, 3.63) is 29.8 Å². The van der Waals surface area contributed by atoms with Crippen LogP contribution in [0.5, 0.6) is 0 Å². The van der Waals surface area contributed by atoms with Gasteiger partial charge >= 0.3 is 0 Å². The van der Waals surface area contributed by atoms with E-state index in [9.17, 15) is 9.59 Å². The first kappa shape index (κ1) is 14.3. The van der Waals surface area contributed by atoms with E-state index in [2.05, 4.69) is 12.2 Å². The van der Waals surface area contributed by atoms with Crippen LogP contribution < -0.4 is 5.32 Å². The maximum Gasteiger partial charge on any atom is 0.238 e. The van der Waals surface area contributed by atoms with Crippen LogP contribution >= 0.6 is 0 Å². The van der Waals surface area contributed by atoms with Gasteiger partial charge in [0.15, 0.2) is 5.78 Å². The summed E-state index contributed by atoms with van der Waals surface area (Å²) in [5.41, 5.74) is 0.830. The summed E-state index contributed by atoms with van der Waals surface area (Å²) in [6.07, 6.45) is 3.28. The fourth-order valence-corrected chi connectivity index (χ4v) is 4.17. The number of carbonyl (C=O) groups excluding carboxylic acids is 2. The lowest BCUT2D eigenvalue weighted by atomic mass is 9.70. The number of fused-ring (bicyclic) bond motifs is 2. The van der Waals surface area contributed by atoms with Gasteiger partial charge in [0.2, 0.25) is 5.91 Å². The van der Waals surface area contributed by atoms with Gasteiger partial charge in [0, 0.05) is 11.1 Å². The number of aryl methyl sites for hydroxylation is 1. The van der Waals surface area contributed by atoms with E-state index in [4.69, 9.17) is 0 Å². The van der Waals surface area contributed by atoms with Gasteiger partial charge in [0.05, 0.1) is 0 Å². The van der Waals surface area contributed by atoms with Crippen molar-refractivity contribution < 1.29 is 9.59 Å². The highest BCUT2D eigenvalue weighted by Crippen LogP contribution is 2.60. The minimum Gasteiger partial charge on any atom is -0.325 e. The quantitative estimate of drug-likeness (QED) is 0.863. The zero-order valence-corrected chi connectivity index (χ0v) is 13.0. The average Bonchev–Trinajstić information content (AvgIpc) is 3.00. The third kappa shape index (κ3) is 1.94. The Morgan fingerprint density at radius 2 is 2.05 bits per heavy atom. The first-order valence-corrected chi connectivity index (χ1v) is 7.86. The molecule has 3 rings (SSSR count). The minimum absolute atomic E-state index is 0.0959. The van der Waals surface area contributed by atoms with Crippen molar-refractivity contribution >= 4 is 17.4 Å². The van der Waals surface area contributed by atoms with Gasteiger partial charge in [0.25, 0.3) is 0 Å². The second-order valence-corrected chi connectivity index (χ2v) is 7.04. The fraction of sp³-hybridized carbons (Fsp3) is 0.556. The van der Waals surface area contributed by atoms with E-state index in [1.807, 2.05) is 38.1 Å². The Morgan fingerprint density at radius 3 is 2.67 bits per heavy atom. The monoisotopic (exact) mass is 285 g/mol. The summed E-state index contributed by atoms with van der Waals surface area (Å²) in [6, 6.07) is 7.84. The van der Waals surface area contributed by atoms with E-state index in [-0.39, 0.29) is 17.1 Å². The van der Waals surface area contributed by atoms with Crippen molar-refractivity contribution in [2.24, 2.45) is 16.7 Å². The lowest BCUT2D eigenvalue weighted by molar-refractivity contribution is -0.142. The summed E-state index contributed by atoms with van der Waals surface area (Å²) in [7, 11) is 0. The van der Waals surface area contributed by atoms with Crippen molar-refractivity contribution in [1.29, 1.82) is 0 Å². The molecule has 0 saturated heterocycles. The SMILES string of the molecule is CCc1ccccc1NC(=O)C12CCC(C1)C(C)(C)C2=O. The number of amides is 1. The van der Waals surface area contributed by atoms with Crippen LogP contribution in [0.15, 0.2) is 24.3 Å². The van der Waals surface area contributed by atoms with Gasteiger partial charge in [-0.25, -0.2) is 0 Å². The van der Waals surface area contributed by atoms with Crippen LogP contribution in [0.25, 0.3) is 0 Å². The van der Waals surface area contributed by atoms with E-state index in [1.165, 1.54) is 0 Å². The van der Waals surface area contributed by atoms with Gasteiger partial charge in [-0.1, -0.05) is 39.0 Å². The maximum atomic E-state index is 12.8. The first-order valence-electron chi connectivity index (χ1n) is 7.86. The number of anilines is 1. The highest BCUT2D eigenvalue weighted by atomic mass is 16.2. The second-order valence-electron chi connectivity index (χ2n) is 7.04. The molecule has 1 N–H and O–H groups in total. The number of ketones is 1. The molecule has 2 bridgehead atoms. The summed E-state index contributed by atoms with van der Waals surface area (Å²) in [6.45, 7) is 6.06. The van der Waals surface area contributed by atoms with Crippen LogP contribution in [-0.4, -0.2) is 11.7 Å². The van der Waals surface area contributed by atoms with Gasteiger partial charge < -0.3 is 5.32 Å². The molecule has 2 unspecified atom stereocenters. The van der Waals surface area contributed by atoms with Crippen LogP contribution in [0.4, 0.5) is 5.69 Å². The number of nitrogens with one attached hydrogen (secondary N) is 1. The van der Waals surface area contributed by atoms with E-state index in [0.717, 1.165) is 30.5 Å². The Hall–Kier alpha value is -1.64. The summed E-state index contributed by atoms with van der Waals surface area (Å²) < 4.78 is 0. The van der Waals surface area contributed by atoms with E-state index in [0.29, 0.717) is 12.3 Å². The summed E-state index contributed by atoms with van der Waals surface area (Å²) in [5, 5.41) is 3.03. The Balaban J connectivity index is 1.88. The Kier molecular flexibility index (Phi) is 3.19. The Morgan fingerprint density at radius 1 is 1.33 bits per heavy atom. The highest BCUT2D eigenvalue weighted by molar-refractivity contribution is 6.15. The smallest absolute Gasteiger partial charge is 0.238 e. The number of Topliss-reactive ketones (excluding diaryl/α,β-unsaturated/α-hetero) is 1. The number of carbonyl (C=O) groups is 2. The minimum atomic E-state index is -0.783. The molecule has 0 aliphatic heterocycles. The lowest BCUT2D eigenvalue weighted by Crippen LogP contribution is -2.44. The molecule has 2 aliphatic rings. The molecule has 1 aromatic carbocycles. The molecular formula is C18H23NO2. The van der Waals surface area contributed by atoms with Crippen molar-refractivity contribution in [3.8, 4) is 0 Å². The first-order chi connectivity index (χ1) is 9.91. The molecule has 3 heteroatoms. The molecule has 2 aliphatic carbocycles. The summed E-state index contributed by atoms with van der Waals surface area (Å²) in [5.74, 6) is 0.399. The van der Waals surface area contributed by atoms with Crippen LogP contribution in [0.3, 0.4) is 0 Å². The number of para-hydroxylation sites is 1. The van der Waals surface area contributed by atoms with Crippen LogP contribution in [-0.2, 0) is 16.0 Å². The van der Waals surface area contributed by atoms with Gasteiger partial charge in [-0.15, -0.1) is 0 Å². The second kappa shape index (κ2) is 4.69. The molecule has 1 amide bonds. The molecule has 3 nitrogen and oxygen atoms in total. The predicted molar refractivity (Wildman–Crippen MR) is 83.0 cm³/mol. The zero-order valence-electron chi connectivity index (χ0n) is 13.0. The lowest BCUT2D eigenvalue weighted by Gasteiger charge is -2.32. The molecule has 0 spiro atoms. The normalized spacial score (nSPS) is 29.7. The van der Waals surface area contributed by atoms with Crippen molar-refractivity contribution in [1.82, 2.24) is 0 Å².